The fraction of sp³-hybridized carbons (Fsp3) is 0.125. The van der Waals surface area contributed by atoms with Gasteiger partial charge in [0.1, 0.15) is 0 Å². The highest BCUT2D eigenvalue weighted by Gasteiger charge is 2.15. The van der Waals surface area contributed by atoms with Gasteiger partial charge in [-0.15, -0.1) is 0 Å². The number of carbonyl (C=O) groups is 1. The average Bonchev–Trinajstić information content (AvgIpc) is 2.17. The summed E-state index contributed by atoms with van der Waals surface area (Å²) in [5, 5.41) is 0.309. The molecule has 0 atom stereocenters. The lowest BCUT2D eigenvalue weighted by atomic mass is 10.2. The van der Waals surface area contributed by atoms with Gasteiger partial charge in [0.05, 0.1) is 9.93 Å². The van der Waals surface area contributed by atoms with Gasteiger partial charge in [0.25, 0.3) is 4.92 Å². The zero-order chi connectivity index (χ0) is 9.84. The minimum Gasteiger partial charge on any atom is -0.298 e. The first kappa shape index (κ1) is 9.67. The molecular formula is C8H7ClNO3+. The zero-order valence-corrected chi connectivity index (χ0v) is 7.62. The molecule has 0 radical (unpaired) electrons. The Balaban J connectivity index is 3.13. The van der Waals surface area contributed by atoms with Gasteiger partial charge in [0.15, 0.2) is 13.4 Å². The number of halogens is 1. The Morgan fingerprint density at radius 1 is 1.54 bits per heavy atom. The van der Waals surface area contributed by atoms with Gasteiger partial charge in [-0.05, 0) is 6.07 Å². The van der Waals surface area contributed by atoms with E-state index in [9.17, 15) is 9.70 Å². The lowest BCUT2D eigenvalue weighted by Gasteiger charge is -1.93. The van der Waals surface area contributed by atoms with Crippen LogP contribution in [0.15, 0.2) is 18.2 Å². The number of benzene rings is 1. The molecule has 0 aromatic heterocycles. The predicted octanol–water partition coefficient (Wildman–Crippen LogP) is 2.12. The van der Waals surface area contributed by atoms with Gasteiger partial charge in [-0.2, -0.15) is 0 Å². The van der Waals surface area contributed by atoms with Gasteiger partial charge in [0, 0.05) is 17.7 Å². The van der Waals surface area contributed by atoms with Crippen molar-refractivity contribution in [3.8, 4) is 0 Å². The van der Waals surface area contributed by atoms with Crippen molar-refractivity contribution >= 4 is 23.6 Å². The molecule has 1 aromatic carbocycles. The van der Waals surface area contributed by atoms with Gasteiger partial charge in [0.2, 0.25) is 0 Å². The van der Waals surface area contributed by atoms with Crippen molar-refractivity contribution in [2.75, 3.05) is 7.11 Å². The molecule has 0 unspecified atom stereocenters. The number of hydrogen-bond donors (Lipinski definition) is 0. The third-order valence-corrected chi connectivity index (χ3v) is 1.83. The molecule has 0 aliphatic carbocycles. The number of aldehydes is 1. The predicted molar refractivity (Wildman–Crippen MR) is 47.1 cm³/mol. The molecular weight excluding hydrogens is 194 g/mol. The minimum atomic E-state index is 0.231. The van der Waals surface area contributed by atoms with Gasteiger partial charge in [-0.25, -0.2) is 4.84 Å². The van der Waals surface area contributed by atoms with Gasteiger partial charge in [-0.3, -0.25) is 4.79 Å². The van der Waals surface area contributed by atoms with E-state index >= 15 is 0 Å². The second kappa shape index (κ2) is 4.00. The summed E-state index contributed by atoms with van der Waals surface area (Å²) >= 11 is 5.65. The number of rotatable bonds is 3. The second-order valence-electron chi connectivity index (χ2n) is 2.26. The average molecular weight is 201 g/mol. The topological polar surface area (TPSA) is 46.4 Å². The second-order valence-corrected chi connectivity index (χ2v) is 2.67. The van der Waals surface area contributed by atoms with E-state index < -0.39 is 0 Å². The van der Waals surface area contributed by atoms with Crippen LogP contribution < -0.4 is 0 Å². The van der Waals surface area contributed by atoms with Crippen LogP contribution in [0, 0.1) is 4.91 Å². The molecule has 0 saturated carbocycles. The van der Waals surface area contributed by atoms with Crippen LogP contribution >= 0.6 is 11.6 Å². The van der Waals surface area contributed by atoms with E-state index in [0.717, 1.165) is 0 Å². The van der Waals surface area contributed by atoms with Crippen molar-refractivity contribution in [2.45, 2.75) is 0 Å². The zero-order valence-electron chi connectivity index (χ0n) is 6.86. The highest BCUT2D eigenvalue weighted by atomic mass is 35.5. The molecule has 0 bridgehead atoms. The summed E-state index contributed by atoms with van der Waals surface area (Å²) in [4.78, 5) is 26.1. The Labute approximate surface area is 79.6 Å². The first-order chi connectivity index (χ1) is 6.19. The van der Waals surface area contributed by atoms with Crippen LogP contribution in [0.3, 0.4) is 0 Å². The van der Waals surface area contributed by atoms with Crippen LogP contribution in [0.5, 0.6) is 0 Å². The molecule has 13 heavy (non-hydrogen) atoms. The van der Waals surface area contributed by atoms with E-state index in [1.807, 2.05) is 0 Å². The van der Waals surface area contributed by atoms with Crippen LogP contribution in [0.4, 0.5) is 5.69 Å². The van der Waals surface area contributed by atoms with Crippen molar-refractivity contribution in [2.24, 2.45) is 0 Å². The van der Waals surface area contributed by atoms with E-state index in [4.69, 9.17) is 11.6 Å². The fourth-order valence-corrected chi connectivity index (χ4v) is 1.00. The Bertz CT molecular complexity index is 351. The lowest BCUT2D eigenvalue weighted by Crippen LogP contribution is -1.98. The highest BCUT2D eigenvalue weighted by Crippen LogP contribution is 2.20. The van der Waals surface area contributed by atoms with E-state index in [-0.39, 0.29) is 11.3 Å². The van der Waals surface area contributed by atoms with Crippen molar-refractivity contribution in [3.63, 3.8) is 0 Å². The molecule has 0 saturated heterocycles. The molecule has 68 valence electrons. The van der Waals surface area contributed by atoms with Gasteiger partial charge in [-0.1, -0.05) is 11.6 Å². The summed E-state index contributed by atoms with van der Waals surface area (Å²) in [6.45, 7) is 0. The van der Waals surface area contributed by atoms with Gasteiger partial charge >= 0.3 is 5.69 Å². The Morgan fingerprint density at radius 3 is 2.77 bits per heavy atom. The van der Waals surface area contributed by atoms with Crippen LogP contribution in [-0.4, -0.2) is 18.3 Å². The third-order valence-electron chi connectivity index (χ3n) is 1.48. The minimum absolute atomic E-state index is 0.231. The molecule has 0 fully saturated rings. The quantitative estimate of drug-likeness (QED) is 0.555. The van der Waals surface area contributed by atoms with Crippen molar-refractivity contribution < 1.29 is 14.6 Å². The molecule has 0 N–H and O–H groups in total. The Kier molecular flexibility index (Phi) is 2.97. The monoisotopic (exact) mass is 200 g/mol. The standard InChI is InChI=1S/C8H7ClNO3/c1-13-10(12)7-2-3-8(9)6(4-7)5-11/h2-5H,1H3/q+1. The Morgan fingerprint density at radius 2 is 2.23 bits per heavy atom. The first-order valence-electron chi connectivity index (χ1n) is 3.45. The van der Waals surface area contributed by atoms with Crippen molar-refractivity contribution in [3.05, 3.63) is 33.7 Å². The lowest BCUT2D eigenvalue weighted by molar-refractivity contribution is -0.736. The Hall–Kier alpha value is -1.42. The normalized spacial score (nSPS) is 9.38. The maximum absolute atomic E-state index is 10.9. The van der Waals surface area contributed by atoms with E-state index in [0.29, 0.717) is 16.2 Å². The number of carbonyl (C=O) groups excluding carboxylic acids is 1. The van der Waals surface area contributed by atoms with Crippen molar-refractivity contribution in [1.82, 2.24) is 0 Å². The molecule has 1 aromatic rings. The largest absolute Gasteiger partial charge is 0.317 e. The van der Waals surface area contributed by atoms with E-state index in [1.165, 1.54) is 25.3 Å². The van der Waals surface area contributed by atoms with Crippen LogP contribution in [0.2, 0.25) is 5.02 Å². The number of hydrogen-bond acceptors (Lipinski definition) is 3. The summed E-state index contributed by atoms with van der Waals surface area (Å²) in [7, 11) is 1.24. The molecule has 5 heteroatoms. The highest BCUT2D eigenvalue weighted by molar-refractivity contribution is 6.33. The molecule has 0 aliphatic heterocycles. The molecule has 0 heterocycles. The fourth-order valence-electron chi connectivity index (χ4n) is 0.840. The smallest absolute Gasteiger partial charge is 0.298 e. The summed E-state index contributed by atoms with van der Waals surface area (Å²) in [6, 6.07) is 4.28. The van der Waals surface area contributed by atoms with E-state index in [2.05, 4.69) is 4.84 Å². The van der Waals surface area contributed by atoms with E-state index in [1.54, 1.807) is 0 Å². The molecule has 0 amide bonds. The summed E-state index contributed by atoms with van der Waals surface area (Å²) in [5.74, 6) is 0. The summed E-state index contributed by atoms with van der Waals surface area (Å²) in [6.07, 6.45) is 0.579. The molecule has 1 rings (SSSR count). The molecule has 0 spiro atoms. The maximum Gasteiger partial charge on any atom is 0.317 e. The van der Waals surface area contributed by atoms with Crippen molar-refractivity contribution in [1.29, 1.82) is 0 Å². The molecule has 4 nitrogen and oxygen atoms in total. The third kappa shape index (κ3) is 2.03. The maximum atomic E-state index is 10.9. The van der Waals surface area contributed by atoms with Gasteiger partial charge < -0.3 is 0 Å². The SMILES string of the molecule is CO[N+](=O)c1ccc(Cl)c(C=O)c1. The first-order valence-corrected chi connectivity index (χ1v) is 3.83. The summed E-state index contributed by atoms with van der Waals surface area (Å²) in [5.41, 5.74) is 0.492. The van der Waals surface area contributed by atoms with Crippen LogP contribution in [-0.2, 0) is 4.84 Å². The molecule has 0 aliphatic rings. The summed E-state index contributed by atoms with van der Waals surface area (Å²) < 4.78 is 0. The van der Waals surface area contributed by atoms with Crippen LogP contribution in [0.25, 0.3) is 0 Å². The number of nitrogens with zero attached hydrogens (tertiary/aromatic N) is 1. The van der Waals surface area contributed by atoms with Crippen LogP contribution in [0.1, 0.15) is 10.4 Å².